The third kappa shape index (κ3) is 4.85. The molecule has 1 fully saturated rings. The molecule has 0 aromatic heterocycles. The van der Waals surface area contributed by atoms with Crippen molar-refractivity contribution < 1.29 is 27.7 Å². The minimum atomic E-state index is -4.50. The summed E-state index contributed by atoms with van der Waals surface area (Å²) in [6.45, 7) is -1.36. The zero-order chi connectivity index (χ0) is 16.2. The van der Waals surface area contributed by atoms with Crippen molar-refractivity contribution in [1.82, 2.24) is 5.06 Å². The second-order valence-corrected chi connectivity index (χ2v) is 4.89. The minimum Gasteiger partial charge on any atom is -0.403 e. The van der Waals surface area contributed by atoms with Gasteiger partial charge in [-0.15, -0.1) is 5.06 Å². The molecule has 122 valence electrons. The van der Waals surface area contributed by atoms with E-state index in [1.54, 1.807) is 30.3 Å². The molecule has 1 aromatic carbocycles. The van der Waals surface area contributed by atoms with Crippen molar-refractivity contribution in [1.29, 1.82) is 0 Å². The van der Waals surface area contributed by atoms with Crippen LogP contribution in [0.4, 0.5) is 13.2 Å². The standard InChI is InChI=1S/C13H15F3N2O4/c14-13(15,16)9-21-12-8-10(18(19)20)6-7-17(12)22-11-4-2-1-3-5-11/h1-5,10,12H,6-9H2. The van der Waals surface area contributed by atoms with Gasteiger partial charge in [0, 0.05) is 17.9 Å². The summed E-state index contributed by atoms with van der Waals surface area (Å²) in [4.78, 5) is 15.8. The Bertz CT molecular complexity index is 498. The molecule has 1 heterocycles. The molecule has 2 unspecified atom stereocenters. The molecule has 0 N–H and O–H groups in total. The smallest absolute Gasteiger partial charge is 0.403 e. The van der Waals surface area contributed by atoms with Crippen LogP contribution < -0.4 is 4.84 Å². The minimum absolute atomic E-state index is 0.114. The number of nitro groups is 1. The van der Waals surface area contributed by atoms with Crippen molar-refractivity contribution in [3.05, 3.63) is 40.4 Å². The number of rotatable bonds is 5. The van der Waals surface area contributed by atoms with Gasteiger partial charge >= 0.3 is 6.18 Å². The van der Waals surface area contributed by atoms with E-state index in [0.29, 0.717) is 5.75 Å². The number of benzene rings is 1. The van der Waals surface area contributed by atoms with E-state index in [-0.39, 0.29) is 19.4 Å². The van der Waals surface area contributed by atoms with Gasteiger partial charge in [-0.05, 0) is 12.1 Å². The van der Waals surface area contributed by atoms with E-state index in [4.69, 9.17) is 9.57 Å². The van der Waals surface area contributed by atoms with E-state index in [1.165, 1.54) is 5.06 Å². The molecular formula is C13H15F3N2O4. The Labute approximate surface area is 124 Å². The van der Waals surface area contributed by atoms with Crippen LogP contribution in [0.25, 0.3) is 0 Å². The number of ether oxygens (including phenoxy) is 1. The van der Waals surface area contributed by atoms with E-state index in [1.807, 2.05) is 0 Å². The number of nitrogens with zero attached hydrogens (tertiary/aromatic N) is 2. The molecule has 1 aromatic rings. The summed E-state index contributed by atoms with van der Waals surface area (Å²) in [5.41, 5.74) is 0. The fourth-order valence-electron chi connectivity index (χ4n) is 2.14. The van der Waals surface area contributed by atoms with Gasteiger partial charge in [0.15, 0.2) is 0 Å². The van der Waals surface area contributed by atoms with E-state index in [9.17, 15) is 23.3 Å². The maximum absolute atomic E-state index is 12.3. The highest BCUT2D eigenvalue weighted by molar-refractivity contribution is 5.20. The Morgan fingerprint density at radius 2 is 2.00 bits per heavy atom. The SMILES string of the molecule is O=[N+]([O-])C1CCN(Oc2ccccc2)C(OCC(F)(F)F)C1. The maximum atomic E-state index is 12.3. The summed E-state index contributed by atoms with van der Waals surface area (Å²) in [6, 6.07) is 7.54. The van der Waals surface area contributed by atoms with Crippen LogP contribution in [0.3, 0.4) is 0 Å². The average Bonchev–Trinajstić information content (AvgIpc) is 2.46. The van der Waals surface area contributed by atoms with Crippen LogP contribution in [-0.4, -0.2) is 41.6 Å². The normalized spacial score (nSPS) is 23.2. The number of hydrogen-bond donors (Lipinski definition) is 0. The van der Waals surface area contributed by atoms with Gasteiger partial charge in [0.05, 0.1) is 6.42 Å². The van der Waals surface area contributed by atoms with Crippen molar-refractivity contribution in [3.63, 3.8) is 0 Å². The van der Waals surface area contributed by atoms with Crippen LogP contribution in [-0.2, 0) is 4.74 Å². The maximum Gasteiger partial charge on any atom is 0.411 e. The van der Waals surface area contributed by atoms with Crippen LogP contribution in [0.15, 0.2) is 30.3 Å². The van der Waals surface area contributed by atoms with Gasteiger partial charge in [0.2, 0.25) is 6.04 Å². The quantitative estimate of drug-likeness (QED) is 0.616. The largest absolute Gasteiger partial charge is 0.411 e. The average molecular weight is 320 g/mol. The topological polar surface area (TPSA) is 64.8 Å². The number of para-hydroxylation sites is 1. The molecular weight excluding hydrogens is 305 g/mol. The van der Waals surface area contributed by atoms with Gasteiger partial charge in [0.25, 0.3) is 0 Å². The lowest BCUT2D eigenvalue weighted by molar-refractivity contribution is -0.533. The summed E-state index contributed by atoms with van der Waals surface area (Å²) in [5, 5.41) is 12.1. The first-order valence-corrected chi connectivity index (χ1v) is 6.66. The highest BCUT2D eigenvalue weighted by atomic mass is 19.4. The highest BCUT2D eigenvalue weighted by Gasteiger charge is 2.39. The molecule has 2 atom stereocenters. The molecule has 0 aliphatic carbocycles. The molecule has 0 spiro atoms. The van der Waals surface area contributed by atoms with Crippen LogP contribution in [0, 0.1) is 10.1 Å². The van der Waals surface area contributed by atoms with Crippen LogP contribution in [0.1, 0.15) is 12.8 Å². The Kier molecular flexibility index (Phi) is 5.19. The van der Waals surface area contributed by atoms with Crippen molar-refractivity contribution >= 4 is 0 Å². The fourth-order valence-corrected chi connectivity index (χ4v) is 2.14. The van der Waals surface area contributed by atoms with Gasteiger partial charge in [0.1, 0.15) is 18.6 Å². The molecule has 1 saturated heterocycles. The second kappa shape index (κ2) is 6.93. The summed E-state index contributed by atoms with van der Waals surface area (Å²) < 4.78 is 41.7. The van der Waals surface area contributed by atoms with Gasteiger partial charge in [-0.2, -0.15) is 13.2 Å². The fraction of sp³-hybridized carbons (Fsp3) is 0.538. The Balaban J connectivity index is 2.03. The molecule has 1 aliphatic rings. The first-order chi connectivity index (χ1) is 10.3. The third-order valence-electron chi connectivity index (χ3n) is 3.18. The van der Waals surface area contributed by atoms with Crippen LogP contribution >= 0.6 is 0 Å². The van der Waals surface area contributed by atoms with Gasteiger partial charge in [-0.25, -0.2) is 0 Å². The van der Waals surface area contributed by atoms with Gasteiger partial charge in [-0.1, -0.05) is 18.2 Å². The number of halogens is 3. The Hall–Kier alpha value is -1.87. The molecule has 6 nitrogen and oxygen atoms in total. The Morgan fingerprint density at radius 1 is 1.32 bits per heavy atom. The van der Waals surface area contributed by atoms with Crippen molar-refractivity contribution in [3.8, 4) is 5.75 Å². The first-order valence-electron chi connectivity index (χ1n) is 6.66. The van der Waals surface area contributed by atoms with Crippen molar-refractivity contribution in [2.45, 2.75) is 31.3 Å². The lowest BCUT2D eigenvalue weighted by atomic mass is 10.1. The molecule has 0 radical (unpaired) electrons. The predicted molar refractivity (Wildman–Crippen MR) is 69.6 cm³/mol. The molecule has 0 bridgehead atoms. The third-order valence-corrected chi connectivity index (χ3v) is 3.18. The van der Waals surface area contributed by atoms with Crippen molar-refractivity contribution in [2.24, 2.45) is 0 Å². The number of hydrogen-bond acceptors (Lipinski definition) is 5. The Morgan fingerprint density at radius 3 is 2.59 bits per heavy atom. The van der Waals surface area contributed by atoms with E-state index in [0.717, 1.165) is 0 Å². The van der Waals surface area contributed by atoms with E-state index < -0.39 is 30.0 Å². The van der Waals surface area contributed by atoms with E-state index >= 15 is 0 Å². The lowest BCUT2D eigenvalue weighted by Gasteiger charge is -2.35. The first kappa shape index (κ1) is 16.5. The predicted octanol–water partition coefficient (Wildman–Crippen LogP) is 2.63. The van der Waals surface area contributed by atoms with Crippen LogP contribution in [0.2, 0.25) is 0 Å². The number of alkyl halides is 3. The van der Waals surface area contributed by atoms with Crippen molar-refractivity contribution in [2.75, 3.05) is 13.2 Å². The highest BCUT2D eigenvalue weighted by Crippen LogP contribution is 2.25. The summed E-state index contributed by atoms with van der Waals surface area (Å²) >= 11 is 0. The molecule has 9 heteroatoms. The molecule has 1 aliphatic heterocycles. The number of hydroxylamine groups is 2. The molecule has 0 saturated carbocycles. The van der Waals surface area contributed by atoms with E-state index in [2.05, 4.69) is 0 Å². The summed E-state index contributed by atoms with van der Waals surface area (Å²) in [7, 11) is 0. The van der Waals surface area contributed by atoms with Gasteiger partial charge in [-0.3, -0.25) is 10.1 Å². The molecule has 0 amide bonds. The van der Waals surface area contributed by atoms with Crippen LogP contribution in [0.5, 0.6) is 5.75 Å². The lowest BCUT2D eigenvalue weighted by Crippen LogP contribution is -2.50. The monoisotopic (exact) mass is 320 g/mol. The zero-order valence-electron chi connectivity index (χ0n) is 11.5. The summed E-state index contributed by atoms with van der Waals surface area (Å²) in [6.07, 6.45) is -5.59. The summed E-state index contributed by atoms with van der Waals surface area (Å²) in [5.74, 6) is 0.433. The molecule has 22 heavy (non-hydrogen) atoms. The zero-order valence-corrected chi connectivity index (χ0v) is 11.5. The number of piperidine rings is 1. The van der Waals surface area contributed by atoms with Gasteiger partial charge < -0.3 is 9.57 Å². The molecule has 2 rings (SSSR count). The second-order valence-electron chi connectivity index (χ2n) is 4.89.